The van der Waals surface area contributed by atoms with Crippen molar-refractivity contribution in [3.8, 4) is 11.5 Å². The Morgan fingerprint density at radius 2 is 1.91 bits per heavy atom. The van der Waals surface area contributed by atoms with Crippen LogP contribution in [0.1, 0.15) is 28.1 Å². The van der Waals surface area contributed by atoms with E-state index in [4.69, 9.17) is 14.0 Å². The van der Waals surface area contributed by atoms with E-state index in [1.807, 2.05) is 50.4 Å². The first-order chi connectivity index (χ1) is 15.4. The summed E-state index contributed by atoms with van der Waals surface area (Å²) in [7, 11) is 3.38. The van der Waals surface area contributed by atoms with Crippen molar-refractivity contribution in [2.45, 2.75) is 31.9 Å². The van der Waals surface area contributed by atoms with Crippen LogP contribution in [0.4, 0.5) is 0 Å². The third-order valence-corrected chi connectivity index (χ3v) is 5.86. The average molecular weight is 453 g/mol. The number of aromatic nitrogens is 1. The van der Waals surface area contributed by atoms with Crippen LogP contribution in [0.3, 0.4) is 0 Å². The van der Waals surface area contributed by atoms with Crippen LogP contribution in [0.5, 0.6) is 11.5 Å². The molecular weight excluding hydrogens is 424 g/mol. The van der Waals surface area contributed by atoms with Gasteiger partial charge in [0.25, 0.3) is 0 Å². The summed E-state index contributed by atoms with van der Waals surface area (Å²) in [5.41, 5.74) is 3.67. The molecule has 2 aromatic carbocycles. The third-order valence-electron chi connectivity index (χ3n) is 5.11. The minimum Gasteiger partial charge on any atom is -0.493 e. The molecule has 168 valence electrons. The summed E-state index contributed by atoms with van der Waals surface area (Å²) in [5, 5.41) is 3.94. The number of nitrogens with zero attached hydrogens (tertiary/aromatic N) is 2. The van der Waals surface area contributed by atoms with Crippen LogP contribution in [0.15, 0.2) is 58.0 Å². The number of amides is 1. The standard InChI is InChI=1S/C25H28N2O4S/c1-17-22(18(2)31-26-17)16-30-23-12-8-19(14-24(23)29-4)9-13-25(28)27(3)15-20-6-10-21(32-5)11-7-20/h6-14H,15-16H2,1-5H3/b13-9+. The summed E-state index contributed by atoms with van der Waals surface area (Å²) in [6.07, 6.45) is 5.38. The molecule has 3 rings (SSSR count). The zero-order valence-electron chi connectivity index (χ0n) is 19.0. The van der Waals surface area contributed by atoms with Gasteiger partial charge in [-0.25, -0.2) is 0 Å². The first-order valence-corrected chi connectivity index (χ1v) is 11.4. The molecule has 6 nitrogen and oxygen atoms in total. The van der Waals surface area contributed by atoms with E-state index in [0.29, 0.717) is 24.7 Å². The van der Waals surface area contributed by atoms with Gasteiger partial charge in [0.05, 0.1) is 18.4 Å². The summed E-state index contributed by atoms with van der Waals surface area (Å²) >= 11 is 1.70. The second-order valence-corrected chi connectivity index (χ2v) is 8.26. The number of aryl methyl sites for hydroxylation is 2. The number of rotatable bonds is 9. The number of hydrogen-bond donors (Lipinski definition) is 0. The molecule has 7 heteroatoms. The molecule has 0 atom stereocenters. The van der Waals surface area contributed by atoms with Crippen molar-refractivity contribution in [1.82, 2.24) is 10.1 Å². The molecule has 0 spiro atoms. The fraction of sp³-hybridized carbons (Fsp3) is 0.280. The second kappa shape index (κ2) is 10.9. The summed E-state index contributed by atoms with van der Waals surface area (Å²) in [5.74, 6) is 1.87. The molecule has 0 aliphatic rings. The lowest BCUT2D eigenvalue weighted by Gasteiger charge is -2.15. The van der Waals surface area contributed by atoms with Crippen LogP contribution in [0.25, 0.3) is 6.08 Å². The highest BCUT2D eigenvalue weighted by atomic mass is 32.2. The van der Waals surface area contributed by atoms with Crippen LogP contribution in [0.2, 0.25) is 0 Å². The number of likely N-dealkylation sites (N-methyl/N-ethyl adjacent to an activating group) is 1. The smallest absolute Gasteiger partial charge is 0.246 e. The zero-order valence-corrected chi connectivity index (χ0v) is 19.9. The van der Waals surface area contributed by atoms with Crippen LogP contribution in [-0.4, -0.2) is 36.4 Å². The van der Waals surface area contributed by atoms with Crippen LogP contribution < -0.4 is 9.47 Å². The fourth-order valence-corrected chi connectivity index (χ4v) is 3.55. The van der Waals surface area contributed by atoms with Crippen LogP contribution in [-0.2, 0) is 17.9 Å². The molecule has 0 radical (unpaired) electrons. The molecule has 0 saturated carbocycles. The molecule has 0 N–H and O–H groups in total. The molecule has 0 saturated heterocycles. The van der Waals surface area contributed by atoms with E-state index in [1.165, 1.54) is 4.90 Å². The maximum atomic E-state index is 12.5. The van der Waals surface area contributed by atoms with Crippen molar-refractivity contribution in [2.75, 3.05) is 20.4 Å². The fourth-order valence-electron chi connectivity index (χ4n) is 3.14. The Bertz CT molecular complexity index is 1070. The number of hydrogen-bond acceptors (Lipinski definition) is 6. The van der Waals surface area contributed by atoms with Gasteiger partial charge in [-0.3, -0.25) is 4.79 Å². The van der Waals surface area contributed by atoms with Gasteiger partial charge in [-0.2, -0.15) is 0 Å². The third kappa shape index (κ3) is 5.95. The predicted molar refractivity (Wildman–Crippen MR) is 127 cm³/mol. The topological polar surface area (TPSA) is 64.8 Å². The molecule has 0 unspecified atom stereocenters. The Kier molecular flexibility index (Phi) is 8.00. The number of thioether (sulfide) groups is 1. The Morgan fingerprint density at radius 3 is 2.53 bits per heavy atom. The van der Waals surface area contributed by atoms with E-state index in [9.17, 15) is 4.79 Å². The Balaban J connectivity index is 1.62. The molecular formula is C25H28N2O4S. The van der Waals surface area contributed by atoms with Gasteiger partial charge in [0.1, 0.15) is 12.4 Å². The van der Waals surface area contributed by atoms with Gasteiger partial charge in [0.15, 0.2) is 11.5 Å². The summed E-state index contributed by atoms with van der Waals surface area (Å²) in [4.78, 5) is 15.4. The van der Waals surface area contributed by atoms with E-state index in [1.54, 1.807) is 43.0 Å². The number of methoxy groups -OCH3 is 1. The molecule has 0 fully saturated rings. The molecule has 32 heavy (non-hydrogen) atoms. The minimum absolute atomic E-state index is 0.0726. The second-order valence-electron chi connectivity index (χ2n) is 7.38. The monoisotopic (exact) mass is 452 g/mol. The van der Waals surface area contributed by atoms with Crippen molar-refractivity contribution in [3.05, 3.63) is 76.7 Å². The highest BCUT2D eigenvalue weighted by Crippen LogP contribution is 2.30. The van der Waals surface area contributed by atoms with E-state index in [-0.39, 0.29) is 5.91 Å². The van der Waals surface area contributed by atoms with Crippen molar-refractivity contribution in [2.24, 2.45) is 0 Å². The summed E-state index contributed by atoms with van der Waals surface area (Å²) < 4.78 is 16.6. The van der Waals surface area contributed by atoms with Crippen molar-refractivity contribution in [3.63, 3.8) is 0 Å². The Labute approximate surface area is 193 Å². The predicted octanol–water partition coefficient (Wildman–Crippen LogP) is 5.27. The highest BCUT2D eigenvalue weighted by Gasteiger charge is 2.12. The molecule has 1 amide bonds. The SMILES string of the molecule is COc1cc(/C=C/C(=O)N(C)Cc2ccc(SC)cc2)ccc1OCc1c(C)noc1C. The van der Waals surface area contributed by atoms with Gasteiger partial charge >= 0.3 is 0 Å². The maximum absolute atomic E-state index is 12.5. The highest BCUT2D eigenvalue weighted by molar-refractivity contribution is 7.98. The van der Waals surface area contributed by atoms with Gasteiger partial charge in [-0.05, 0) is 61.6 Å². The lowest BCUT2D eigenvalue weighted by molar-refractivity contribution is -0.125. The van der Waals surface area contributed by atoms with Crippen LogP contribution in [0, 0.1) is 13.8 Å². The van der Waals surface area contributed by atoms with Gasteiger partial charge in [0.2, 0.25) is 5.91 Å². The molecule has 1 aromatic heterocycles. The van der Waals surface area contributed by atoms with Gasteiger partial charge < -0.3 is 18.9 Å². The molecule has 0 aliphatic heterocycles. The number of carbonyl (C=O) groups excluding carboxylic acids is 1. The van der Waals surface area contributed by atoms with Gasteiger partial charge in [0, 0.05) is 24.6 Å². The number of carbonyl (C=O) groups is 1. The molecule has 0 aliphatic carbocycles. The molecule has 1 heterocycles. The van der Waals surface area contributed by atoms with Crippen molar-refractivity contribution < 1.29 is 18.8 Å². The number of ether oxygens (including phenoxy) is 2. The lowest BCUT2D eigenvalue weighted by Crippen LogP contribution is -2.24. The molecule has 0 bridgehead atoms. The Morgan fingerprint density at radius 1 is 1.16 bits per heavy atom. The molecule has 3 aromatic rings. The van der Waals surface area contributed by atoms with Crippen molar-refractivity contribution >= 4 is 23.7 Å². The summed E-state index contributed by atoms with van der Waals surface area (Å²) in [6.45, 7) is 4.63. The van der Waals surface area contributed by atoms with Crippen molar-refractivity contribution in [1.29, 1.82) is 0 Å². The van der Waals surface area contributed by atoms with E-state index < -0.39 is 0 Å². The van der Waals surface area contributed by atoms with E-state index in [2.05, 4.69) is 17.3 Å². The minimum atomic E-state index is -0.0726. The number of benzene rings is 2. The zero-order chi connectivity index (χ0) is 23.1. The van der Waals surface area contributed by atoms with Gasteiger partial charge in [-0.15, -0.1) is 11.8 Å². The summed E-state index contributed by atoms with van der Waals surface area (Å²) in [6, 6.07) is 13.8. The average Bonchev–Trinajstić information content (AvgIpc) is 3.13. The van der Waals surface area contributed by atoms with Gasteiger partial charge in [-0.1, -0.05) is 23.4 Å². The lowest BCUT2D eigenvalue weighted by atomic mass is 10.1. The largest absolute Gasteiger partial charge is 0.493 e. The normalized spacial score (nSPS) is 11.0. The van der Waals surface area contributed by atoms with Crippen LogP contribution >= 0.6 is 11.8 Å². The first kappa shape index (κ1) is 23.5. The quantitative estimate of drug-likeness (QED) is 0.325. The first-order valence-electron chi connectivity index (χ1n) is 10.2. The Hall–Kier alpha value is -3.19. The van der Waals surface area contributed by atoms with E-state index >= 15 is 0 Å². The van der Waals surface area contributed by atoms with E-state index in [0.717, 1.165) is 28.1 Å². The maximum Gasteiger partial charge on any atom is 0.246 e.